The van der Waals surface area contributed by atoms with Gasteiger partial charge in [-0.2, -0.15) is 0 Å². The first-order chi connectivity index (χ1) is 11.5. The lowest BCUT2D eigenvalue weighted by Crippen LogP contribution is -2.25. The van der Waals surface area contributed by atoms with Gasteiger partial charge in [-0.25, -0.2) is 4.79 Å². The number of nitrogens with zero attached hydrogens (tertiary/aromatic N) is 2. The molecule has 6 nitrogen and oxygen atoms in total. The Morgan fingerprint density at radius 1 is 1.25 bits per heavy atom. The second-order valence-corrected chi connectivity index (χ2v) is 6.69. The molecule has 1 heterocycles. The number of carbonyl (C=O) groups is 1. The van der Waals surface area contributed by atoms with Crippen LogP contribution in [0.15, 0.2) is 23.0 Å². The van der Waals surface area contributed by atoms with Gasteiger partial charge in [0.05, 0.1) is 24.1 Å². The number of aryl methyl sites for hydroxylation is 2. The molecule has 1 fully saturated rings. The average molecular weight is 332 g/mol. The van der Waals surface area contributed by atoms with Crippen molar-refractivity contribution in [2.75, 3.05) is 7.11 Å². The zero-order chi connectivity index (χ0) is 17.3. The van der Waals surface area contributed by atoms with Crippen molar-refractivity contribution in [3.05, 3.63) is 28.7 Å². The maximum Gasteiger partial charge on any atom is 0.328 e. The third kappa shape index (κ3) is 3.05. The Morgan fingerprint density at radius 2 is 1.96 bits per heavy atom. The minimum Gasteiger partial charge on any atom is -0.497 e. The largest absolute Gasteiger partial charge is 0.497 e. The van der Waals surface area contributed by atoms with Crippen LogP contribution < -0.4 is 10.4 Å². The molecule has 1 aliphatic rings. The van der Waals surface area contributed by atoms with E-state index in [0.717, 1.165) is 48.9 Å². The summed E-state index contributed by atoms with van der Waals surface area (Å²) < 4.78 is 8.74. The second-order valence-electron chi connectivity index (χ2n) is 6.69. The smallest absolute Gasteiger partial charge is 0.328 e. The van der Waals surface area contributed by atoms with E-state index in [0.29, 0.717) is 12.5 Å². The molecule has 24 heavy (non-hydrogen) atoms. The topological polar surface area (TPSA) is 73.5 Å². The Hall–Kier alpha value is -2.24. The van der Waals surface area contributed by atoms with Crippen LogP contribution in [0.2, 0.25) is 0 Å². The lowest BCUT2D eigenvalue weighted by atomic mass is 9.80. The molecule has 0 spiro atoms. The van der Waals surface area contributed by atoms with Gasteiger partial charge >= 0.3 is 11.7 Å². The van der Waals surface area contributed by atoms with E-state index in [-0.39, 0.29) is 11.6 Å². The molecule has 1 saturated carbocycles. The van der Waals surface area contributed by atoms with Crippen LogP contribution in [0.3, 0.4) is 0 Å². The number of methoxy groups -OCH3 is 1. The number of rotatable bonds is 5. The van der Waals surface area contributed by atoms with E-state index < -0.39 is 5.97 Å². The summed E-state index contributed by atoms with van der Waals surface area (Å²) in [5, 5.41) is 9.08. The van der Waals surface area contributed by atoms with Crippen molar-refractivity contribution in [2.24, 2.45) is 18.9 Å². The van der Waals surface area contributed by atoms with Crippen LogP contribution in [0.4, 0.5) is 0 Å². The molecular weight excluding hydrogens is 308 g/mol. The highest BCUT2D eigenvalue weighted by atomic mass is 16.5. The van der Waals surface area contributed by atoms with E-state index in [4.69, 9.17) is 9.84 Å². The SMILES string of the molecule is COc1ccc2c(c1)n(CCC1CCC(C(=O)O)CC1)c(=O)n2C. The zero-order valence-corrected chi connectivity index (χ0v) is 14.2. The fraction of sp³-hybridized carbons (Fsp3) is 0.556. The van der Waals surface area contributed by atoms with Crippen LogP contribution in [0, 0.1) is 11.8 Å². The molecule has 3 rings (SSSR count). The average Bonchev–Trinajstić information content (AvgIpc) is 2.84. The molecule has 130 valence electrons. The molecule has 0 unspecified atom stereocenters. The molecule has 0 bridgehead atoms. The standard InChI is InChI=1S/C18H24N2O4/c1-19-15-8-7-14(24-2)11-16(15)20(18(19)23)10-9-12-3-5-13(6-4-12)17(21)22/h7-8,11-13H,3-6,9-10H2,1-2H3,(H,21,22). The number of aromatic nitrogens is 2. The fourth-order valence-corrected chi connectivity index (χ4v) is 3.74. The second kappa shape index (κ2) is 6.71. The number of ether oxygens (including phenoxy) is 1. The Balaban J connectivity index is 1.75. The number of hydrogen-bond acceptors (Lipinski definition) is 3. The highest BCUT2D eigenvalue weighted by Crippen LogP contribution is 2.31. The summed E-state index contributed by atoms with van der Waals surface area (Å²) in [6.45, 7) is 0.658. The summed E-state index contributed by atoms with van der Waals surface area (Å²) in [7, 11) is 3.40. The molecule has 1 aliphatic carbocycles. The fourth-order valence-electron chi connectivity index (χ4n) is 3.74. The molecule has 6 heteroatoms. The first-order valence-corrected chi connectivity index (χ1v) is 8.47. The normalized spacial score (nSPS) is 21.1. The van der Waals surface area contributed by atoms with Crippen molar-refractivity contribution in [3.63, 3.8) is 0 Å². The van der Waals surface area contributed by atoms with Crippen LogP contribution in [-0.4, -0.2) is 27.3 Å². The summed E-state index contributed by atoms with van der Waals surface area (Å²) in [6.07, 6.45) is 4.26. The van der Waals surface area contributed by atoms with Crippen LogP contribution in [0.5, 0.6) is 5.75 Å². The van der Waals surface area contributed by atoms with Gasteiger partial charge in [-0.15, -0.1) is 0 Å². The van der Waals surface area contributed by atoms with E-state index in [9.17, 15) is 9.59 Å². The molecule has 0 atom stereocenters. The van der Waals surface area contributed by atoms with Gasteiger partial charge in [0.25, 0.3) is 0 Å². The summed E-state index contributed by atoms with van der Waals surface area (Å²) in [5.74, 6) is 0.369. The monoisotopic (exact) mass is 332 g/mol. The van der Waals surface area contributed by atoms with E-state index >= 15 is 0 Å². The molecule has 1 N–H and O–H groups in total. The zero-order valence-electron chi connectivity index (χ0n) is 14.2. The molecule has 0 amide bonds. The summed E-state index contributed by atoms with van der Waals surface area (Å²) in [5.41, 5.74) is 1.77. The van der Waals surface area contributed by atoms with E-state index in [1.54, 1.807) is 23.3 Å². The van der Waals surface area contributed by atoms with Gasteiger partial charge in [-0.05, 0) is 50.2 Å². The Bertz CT molecular complexity index is 797. The Kier molecular flexibility index (Phi) is 4.64. The maximum absolute atomic E-state index is 12.5. The molecule has 0 radical (unpaired) electrons. The quantitative estimate of drug-likeness (QED) is 0.913. The van der Waals surface area contributed by atoms with E-state index in [1.165, 1.54) is 0 Å². The number of hydrogen-bond donors (Lipinski definition) is 1. The van der Waals surface area contributed by atoms with Gasteiger partial charge in [-0.1, -0.05) is 0 Å². The third-order valence-corrected chi connectivity index (χ3v) is 5.31. The minimum absolute atomic E-state index is 0.0162. The highest BCUT2D eigenvalue weighted by Gasteiger charge is 2.26. The lowest BCUT2D eigenvalue weighted by Gasteiger charge is -2.26. The number of benzene rings is 1. The molecular formula is C18H24N2O4. The molecule has 2 aromatic rings. The highest BCUT2D eigenvalue weighted by molar-refractivity contribution is 5.77. The molecule has 0 saturated heterocycles. The van der Waals surface area contributed by atoms with Crippen molar-refractivity contribution in [3.8, 4) is 5.75 Å². The third-order valence-electron chi connectivity index (χ3n) is 5.31. The molecule has 1 aromatic carbocycles. The van der Waals surface area contributed by atoms with Crippen molar-refractivity contribution in [1.82, 2.24) is 9.13 Å². The van der Waals surface area contributed by atoms with E-state index in [1.807, 2.05) is 18.2 Å². The first kappa shape index (κ1) is 16.6. The predicted molar refractivity (Wildman–Crippen MR) is 91.4 cm³/mol. The lowest BCUT2D eigenvalue weighted by molar-refractivity contribution is -0.143. The van der Waals surface area contributed by atoms with Gasteiger partial charge in [0.1, 0.15) is 5.75 Å². The number of fused-ring (bicyclic) bond motifs is 1. The van der Waals surface area contributed by atoms with Crippen LogP contribution >= 0.6 is 0 Å². The van der Waals surface area contributed by atoms with Crippen molar-refractivity contribution in [2.45, 2.75) is 38.6 Å². The van der Waals surface area contributed by atoms with Crippen molar-refractivity contribution >= 4 is 17.0 Å². The predicted octanol–water partition coefficient (Wildman–Crippen LogP) is 2.63. The van der Waals surface area contributed by atoms with Crippen LogP contribution in [0.25, 0.3) is 11.0 Å². The summed E-state index contributed by atoms with van der Waals surface area (Å²) in [6, 6.07) is 5.67. The van der Waals surface area contributed by atoms with Gasteiger partial charge < -0.3 is 9.84 Å². The van der Waals surface area contributed by atoms with Crippen molar-refractivity contribution in [1.29, 1.82) is 0 Å². The number of carboxylic acids is 1. The number of aliphatic carboxylic acids is 1. The van der Waals surface area contributed by atoms with Crippen LogP contribution in [-0.2, 0) is 18.4 Å². The van der Waals surface area contributed by atoms with Crippen molar-refractivity contribution < 1.29 is 14.6 Å². The minimum atomic E-state index is -0.675. The van der Waals surface area contributed by atoms with Gasteiger partial charge in [0, 0.05) is 19.7 Å². The summed E-state index contributed by atoms with van der Waals surface area (Å²) in [4.78, 5) is 23.5. The first-order valence-electron chi connectivity index (χ1n) is 8.47. The number of imidazole rings is 1. The Morgan fingerprint density at radius 3 is 2.58 bits per heavy atom. The summed E-state index contributed by atoms with van der Waals surface area (Å²) >= 11 is 0. The number of carboxylic acid groups (broad SMARTS) is 1. The van der Waals surface area contributed by atoms with Gasteiger partial charge in [0.2, 0.25) is 0 Å². The van der Waals surface area contributed by atoms with E-state index in [2.05, 4.69) is 0 Å². The molecule has 0 aliphatic heterocycles. The molecule has 1 aromatic heterocycles. The Labute approximate surface area is 140 Å². The van der Waals surface area contributed by atoms with Gasteiger partial charge in [-0.3, -0.25) is 13.9 Å². The maximum atomic E-state index is 12.5. The van der Waals surface area contributed by atoms with Gasteiger partial charge in [0.15, 0.2) is 0 Å². The van der Waals surface area contributed by atoms with Crippen LogP contribution in [0.1, 0.15) is 32.1 Å².